The molecule has 18 heavy (non-hydrogen) atoms. The second-order valence-corrected chi connectivity index (χ2v) is 5.22. The van der Waals surface area contributed by atoms with E-state index in [0.717, 1.165) is 18.5 Å². The Bertz CT molecular complexity index is 393. The molecule has 0 bridgehead atoms. The Morgan fingerprint density at radius 1 is 1.22 bits per heavy atom. The Morgan fingerprint density at radius 2 is 1.83 bits per heavy atom. The van der Waals surface area contributed by atoms with Crippen LogP contribution in [0.4, 0.5) is 5.69 Å². The van der Waals surface area contributed by atoms with Crippen LogP contribution in [0.15, 0.2) is 24.3 Å². The SMILES string of the molecule is Cc1ccc(N[C@H](C)C(=O)NC2CCCC2)cc1. The minimum atomic E-state index is -0.187. The van der Waals surface area contributed by atoms with Gasteiger partial charge in [-0.3, -0.25) is 4.79 Å². The zero-order valence-electron chi connectivity index (χ0n) is 11.2. The normalized spacial score (nSPS) is 17.4. The Balaban J connectivity index is 1.84. The van der Waals surface area contributed by atoms with Gasteiger partial charge in [-0.1, -0.05) is 30.5 Å². The van der Waals surface area contributed by atoms with Gasteiger partial charge >= 0.3 is 0 Å². The number of hydrogen-bond donors (Lipinski definition) is 2. The highest BCUT2D eigenvalue weighted by Crippen LogP contribution is 2.18. The van der Waals surface area contributed by atoms with Gasteiger partial charge in [-0.2, -0.15) is 0 Å². The maximum Gasteiger partial charge on any atom is 0.242 e. The first-order valence-corrected chi connectivity index (χ1v) is 6.79. The second-order valence-electron chi connectivity index (χ2n) is 5.22. The molecule has 1 aliphatic rings. The zero-order chi connectivity index (χ0) is 13.0. The maximum atomic E-state index is 12.0. The highest BCUT2D eigenvalue weighted by Gasteiger charge is 2.20. The molecule has 1 saturated carbocycles. The molecule has 2 rings (SSSR count). The minimum Gasteiger partial charge on any atom is -0.374 e. The number of hydrogen-bond acceptors (Lipinski definition) is 2. The van der Waals surface area contributed by atoms with Gasteiger partial charge in [0.05, 0.1) is 0 Å². The van der Waals surface area contributed by atoms with Crippen LogP contribution in [0.2, 0.25) is 0 Å². The van der Waals surface area contributed by atoms with Gasteiger partial charge in [-0.25, -0.2) is 0 Å². The summed E-state index contributed by atoms with van der Waals surface area (Å²) in [5.74, 6) is 0.0995. The van der Waals surface area contributed by atoms with Crippen LogP contribution in [0.25, 0.3) is 0 Å². The van der Waals surface area contributed by atoms with Crippen LogP contribution in [-0.2, 0) is 4.79 Å². The van der Waals surface area contributed by atoms with Crippen LogP contribution in [0.5, 0.6) is 0 Å². The Morgan fingerprint density at radius 3 is 2.44 bits per heavy atom. The van der Waals surface area contributed by atoms with E-state index in [1.165, 1.54) is 18.4 Å². The molecular formula is C15H22N2O. The standard InChI is InChI=1S/C15H22N2O/c1-11-7-9-14(10-8-11)16-12(2)15(18)17-13-5-3-4-6-13/h7-10,12-13,16H,3-6H2,1-2H3,(H,17,18)/t12-/m1/s1. The molecule has 1 aliphatic carbocycles. The predicted molar refractivity (Wildman–Crippen MR) is 74.7 cm³/mol. The molecule has 1 aromatic rings. The summed E-state index contributed by atoms with van der Waals surface area (Å²) in [5.41, 5.74) is 2.22. The molecule has 0 radical (unpaired) electrons. The lowest BCUT2D eigenvalue weighted by Crippen LogP contribution is -2.42. The fourth-order valence-corrected chi connectivity index (χ4v) is 2.36. The highest BCUT2D eigenvalue weighted by atomic mass is 16.2. The van der Waals surface area contributed by atoms with Crippen molar-refractivity contribution < 1.29 is 4.79 Å². The van der Waals surface area contributed by atoms with Crippen molar-refractivity contribution in [2.45, 2.75) is 51.6 Å². The molecule has 0 aliphatic heterocycles. The van der Waals surface area contributed by atoms with E-state index < -0.39 is 0 Å². The van der Waals surface area contributed by atoms with Gasteiger partial charge in [0.25, 0.3) is 0 Å². The van der Waals surface area contributed by atoms with Crippen molar-refractivity contribution in [3.8, 4) is 0 Å². The fraction of sp³-hybridized carbons (Fsp3) is 0.533. The van der Waals surface area contributed by atoms with E-state index in [2.05, 4.69) is 17.6 Å². The summed E-state index contributed by atoms with van der Waals surface area (Å²) < 4.78 is 0. The zero-order valence-corrected chi connectivity index (χ0v) is 11.2. The summed E-state index contributed by atoms with van der Waals surface area (Å²) in [6.45, 7) is 3.96. The van der Waals surface area contributed by atoms with E-state index in [0.29, 0.717) is 6.04 Å². The molecule has 98 valence electrons. The lowest BCUT2D eigenvalue weighted by Gasteiger charge is -2.18. The third-order valence-electron chi connectivity index (χ3n) is 3.53. The number of carbonyl (C=O) groups is 1. The van der Waals surface area contributed by atoms with Gasteiger partial charge in [-0.15, -0.1) is 0 Å². The molecular weight excluding hydrogens is 224 g/mol. The van der Waals surface area contributed by atoms with Gasteiger partial charge in [-0.05, 0) is 38.8 Å². The van der Waals surface area contributed by atoms with Crippen LogP contribution in [0, 0.1) is 6.92 Å². The number of rotatable bonds is 4. The van der Waals surface area contributed by atoms with Gasteiger partial charge in [0, 0.05) is 11.7 Å². The van der Waals surface area contributed by atoms with E-state index in [1.54, 1.807) is 0 Å². The van der Waals surface area contributed by atoms with Gasteiger partial charge < -0.3 is 10.6 Å². The van der Waals surface area contributed by atoms with Crippen LogP contribution in [0.3, 0.4) is 0 Å². The third-order valence-corrected chi connectivity index (χ3v) is 3.53. The topological polar surface area (TPSA) is 41.1 Å². The molecule has 0 heterocycles. The number of benzene rings is 1. The van der Waals surface area contributed by atoms with Crippen molar-refractivity contribution in [1.82, 2.24) is 5.32 Å². The predicted octanol–water partition coefficient (Wildman–Crippen LogP) is 2.85. The average molecular weight is 246 g/mol. The van der Waals surface area contributed by atoms with Crippen LogP contribution in [-0.4, -0.2) is 18.0 Å². The van der Waals surface area contributed by atoms with E-state index in [-0.39, 0.29) is 11.9 Å². The number of anilines is 1. The first-order valence-electron chi connectivity index (χ1n) is 6.79. The second kappa shape index (κ2) is 5.89. The first kappa shape index (κ1) is 12.9. The van der Waals surface area contributed by atoms with Crippen molar-refractivity contribution >= 4 is 11.6 Å². The van der Waals surface area contributed by atoms with Crippen molar-refractivity contribution in [1.29, 1.82) is 0 Å². The summed E-state index contributed by atoms with van der Waals surface area (Å²) in [7, 11) is 0. The molecule has 0 unspecified atom stereocenters. The largest absolute Gasteiger partial charge is 0.374 e. The first-order chi connectivity index (χ1) is 8.65. The lowest BCUT2D eigenvalue weighted by atomic mass is 10.2. The molecule has 1 fully saturated rings. The Kier molecular flexibility index (Phi) is 4.24. The molecule has 0 spiro atoms. The van der Waals surface area contributed by atoms with Crippen molar-refractivity contribution in [3.63, 3.8) is 0 Å². The number of amides is 1. The lowest BCUT2D eigenvalue weighted by molar-refractivity contribution is -0.122. The molecule has 3 heteroatoms. The van der Waals surface area contributed by atoms with Crippen molar-refractivity contribution in [2.24, 2.45) is 0 Å². The number of carbonyl (C=O) groups excluding carboxylic acids is 1. The molecule has 1 aromatic carbocycles. The van der Waals surface area contributed by atoms with E-state index in [4.69, 9.17) is 0 Å². The smallest absolute Gasteiger partial charge is 0.242 e. The molecule has 3 nitrogen and oxygen atoms in total. The summed E-state index contributed by atoms with van der Waals surface area (Å²) in [4.78, 5) is 12.0. The number of aryl methyl sites for hydroxylation is 1. The fourth-order valence-electron chi connectivity index (χ4n) is 2.36. The van der Waals surface area contributed by atoms with Gasteiger partial charge in [0.15, 0.2) is 0 Å². The summed E-state index contributed by atoms with van der Waals surface area (Å²) in [6.07, 6.45) is 4.74. The van der Waals surface area contributed by atoms with Gasteiger partial charge in [0.2, 0.25) is 5.91 Å². The van der Waals surface area contributed by atoms with E-state index >= 15 is 0 Å². The quantitative estimate of drug-likeness (QED) is 0.857. The Hall–Kier alpha value is -1.51. The molecule has 1 atom stereocenters. The maximum absolute atomic E-state index is 12.0. The van der Waals surface area contributed by atoms with Crippen molar-refractivity contribution in [3.05, 3.63) is 29.8 Å². The molecule has 0 saturated heterocycles. The molecule has 2 N–H and O–H groups in total. The number of nitrogens with one attached hydrogen (secondary N) is 2. The third kappa shape index (κ3) is 3.49. The van der Waals surface area contributed by atoms with E-state index in [9.17, 15) is 4.79 Å². The van der Waals surface area contributed by atoms with Crippen molar-refractivity contribution in [2.75, 3.05) is 5.32 Å². The molecule has 1 amide bonds. The summed E-state index contributed by atoms with van der Waals surface area (Å²) in [5, 5.41) is 6.34. The van der Waals surface area contributed by atoms with Crippen LogP contribution >= 0.6 is 0 Å². The van der Waals surface area contributed by atoms with Crippen LogP contribution < -0.4 is 10.6 Å². The summed E-state index contributed by atoms with van der Waals surface area (Å²) in [6, 6.07) is 8.31. The monoisotopic (exact) mass is 246 g/mol. The average Bonchev–Trinajstić information content (AvgIpc) is 2.85. The highest BCUT2D eigenvalue weighted by molar-refractivity contribution is 5.84. The minimum absolute atomic E-state index is 0.0995. The van der Waals surface area contributed by atoms with E-state index in [1.807, 2.05) is 31.2 Å². The summed E-state index contributed by atoms with van der Waals surface area (Å²) >= 11 is 0. The van der Waals surface area contributed by atoms with Gasteiger partial charge in [0.1, 0.15) is 6.04 Å². The van der Waals surface area contributed by atoms with Crippen LogP contribution in [0.1, 0.15) is 38.2 Å². The Labute approximate surface area is 109 Å². The molecule has 0 aromatic heterocycles.